The van der Waals surface area contributed by atoms with Crippen LogP contribution >= 0.6 is 0 Å². The predicted octanol–water partition coefficient (Wildman–Crippen LogP) is 2.97. The van der Waals surface area contributed by atoms with E-state index in [9.17, 15) is 0 Å². The summed E-state index contributed by atoms with van der Waals surface area (Å²) in [6, 6.07) is 9.06. The van der Waals surface area contributed by atoms with Crippen LogP contribution in [0, 0.1) is 0 Å². The Morgan fingerprint density at radius 3 is 2.00 bits per heavy atom. The summed E-state index contributed by atoms with van der Waals surface area (Å²) in [5.74, 6) is 0. The summed E-state index contributed by atoms with van der Waals surface area (Å²) in [6.07, 6.45) is 0.780. The molecule has 0 aromatic heterocycles. The van der Waals surface area contributed by atoms with Gasteiger partial charge in [-0.3, -0.25) is 0 Å². The van der Waals surface area contributed by atoms with Crippen LogP contribution in [-0.4, -0.2) is 30.7 Å². The van der Waals surface area contributed by atoms with E-state index in [1.165, 1.54) is 11.1 Å². The fourth-order valence-corrected chi connectivity index (χ4v) is 2.05. The lowest BCUT2D eigenvalue weighted by atomic mass is 9.86. The van der Waals surface area contributed by atoms with Gasteiger partial charge in [-0.15, -0.1) is 0 Å². The summed E-state index contributed by atoms with van der Waals surface area (Å²) in [5, 5.41) is 9.10. The van der Waals surface area contributed by atoms with Gasteiger partial charge in [0.25, 0.3) is 0 Å². The summed E-state index contributed by atoms with van der Waals surface area (Å²) in [5.41, 5.74) is 2.82. The third-order valence-electron chi connectivity index (χ3n) is 3.19. The van der Waals surface area contributed by atoms with Gasteiger partial charge in [-0.2, -0.15) is 0 Å². The fraction of sp³-hybridized carbons (Fsp3) is 0.600. The lowest BCUT2D eigenvalue weighted by Gasteiger charge is -2.25. The van der Waals surface area contributed by atoms with Crippen LogP contribution < -0.4 is 0 Å². The van der Waals surface area contributed by atoms with Gasteiger partial charge in [-0.1, -0.05) is 45.0 Å². The average molecular weight is 235 g/mol. The van der Waals surface area contributed by atoms with E-state index >= 15 is 0 Å². The Morgan fingerprint density at radius 2 is 1.65 bits per heavy atom. The summed E-state index contributed by atoms with van der Waals surface area (Å²) in [4.78, 5) is 2.16. The van der Waals surface area contributed by atoms with Crippen LogP contribution in [0.2, 0.25) is 0 Å². The molecule has 1 aromatic carbocycles. The minimum atomic E-state index is 0.198. The van der Waals surface area contributed by atoms with Crippen LogP contribution in [0.4, 0.5) is 0 Å². The second kappa shape index (κ2) is 5.65. The minimum Gasteiger partial charge on any atom is -0.396 e. The molecule has 2 nitrogen and oxygen atoms in total. The third-order valence-corrected chi connectivity index (χ3v) is 3.19. The molecule has 0 heterocycles. The molecular weight excluding hydrogens is 210 g/mol. The Hall–Kier alpha value is -0.860. The summed E-state index contributed by atoms with van der Waals surface area (Å²) in [6.45, 7) is 6.89. The SMILES string of the molecule is CN(C)C(CCO)c1ccc(C(C)(C)C)cc1. The Bertz CT molecular complexity index is 335. The molecule has 1 rings (SSSR count). The first-order valence-corrected chi connectivity index (χ1v) is 6.24. The molecule has 96 valence electrons. The highest BCUT2D eigenvalue weighted by atomic mass is 16.3. The van der Waals surface area contributed by atoms with Gasteiger partial charge in [-0.25, -0.2) is 0 Å². The largest absolute Gasteiger partial charge is 0.396 e. The van der Waals surface area contributed by atoms with E-state index in [2.05, 4.69) is 64.0 Å². The molecule has 1 unspecified atom stereocenters. The number of nitrogens with zero attached hydrogens (tertiary/aromatic N) is 1. The second-order valence-corrected chi connectivity index (χ2v) is 5.86. The minimum absolute atomic E-state index is 0.198. The maximum atomic E-state index is 9.10. The van der Waals surface area contributed by atoms with Crippen molar-refractivity contribution in [2.45, 2.75) is 38.6 Å². The zero-order valence-electron chi connectivity index (χ0n) is 11.7. The van der Waals surface area contributed by atoms with E-state index in [0.717, 1.165) is 6.42 Å². The molecule has 0 fully saturated rings. The van der Waals surface area contributed by atoms with Crippen molar-refractivity contribution in [2.24, 2.45) is 0 Å². The van der Waals surface area contributed by atoms with Crippen molar-refractivity contribution < 1.29 is 5.11 Å². The van der Waals surface area contributed by atoms with E-state index in [0.29, 0.717) is 6.04 Å². The van der Waals surface area contributed by atoms with E-state index in [4.69, 9.17) is 5.11 Å². The molecule has 2 heteroatoms. The van der Waals surface area contributed by atoms with Crippen LogP contribution in [0.25, 0.3) is 0 Å². The molecule has 0 bridgehead atoms. The first-order chi connectivity index (χ1) is 7.86. The molecule has 0 aliphatic rings. The molecule has 0 saturated carbocycles. The highest BCUT2D eigenvalue weighted by molar-refractivity contribution is 5.29. The molecule has 1 aromatic rings. The monoisotopic (exact) mass is 235 g/mol. The molecule has 0 radical (unpaired) electrons. The van der Waals surface area contributed by atoms with Crippen molar-refractivity contribution in [1.29, 1.82) is 0 Å². The van der Waals surface area contributed by atoms with Crippen LogP contribution in [0.1, 0.15) is 44.4 Å². The highest BCUT2D eigenvalue weighted by Gasteiger charge is 2.16. The van der Waals surface area contributed by atoms with E-state index in [1.54, 1.807) is 0 Å². The normalized spacial score (nSPS) is 14.1. The zero-order chi connectivity index (χ0) is 13.1. The third kappa shape index (κ3) is 3.83. The summed E-state index contributed by atoms with van der Waals surface area (Å²) >= 11 is 0. The van der Waals surface area contributed by atoms with Crippen molar-refractivity contribution in [3.63, 3.8) is 0 Å². The van der Waals surface area contributed by atoms with Crippen molar-refractivity contribution in [3.05, 3.63) is 35.4 Å². The lowest BCUT2D eigenvalue weighted by molar-refractivity contribution is 0.211. The van der Waals surface area contributed by atoms with Gasteiger partial charge in [0.15, 0.2) is 0 Å². The topological polar surface area (TPSA) is 23.5 Å². The van der Waals surface area contributed by atoms with Crippen molar-refractivity contribution in [2.75, 3.05) is 20.7 Å². The molecule has 0 aliphatic heterocycles. The molecule has 1 N–H and O–H groups in total. The first kappa shape index (κ1) is 14.2. The maximum absolute atomic E-state index is 9.10. The van der Waals surface area contributed by atoms with Gasteiger partial charge < -0.3 is 10.0 Å². The predicted molar refractivity (Wildman–Crippen MR) is 73.3 cm³/mol. The van der Waals surface area contributed by atoms with Crippen molar-refractivity contribution in [3.8, 4) is 0 Å². The van der Waals surface area contributed by atoms with Crippen LogP contribution in [-0.2, 0) is 5.41 Å². The fourth-order valence-electron chi connectivity index (χ4n) is 2.05. The van der Waals surface area contributed by atoms with E-state index in [-0.39, 0.29) is 12.0 Å². The quantitative estimate of drug-likeness (QED) is 0.867. The van der Waals surface area contributed by atoms with Crippen LogP contribution in [0.3, 0.4) is 0 Å². The van der Waals surface area contributed by atoms with Gasteiger partial charge >= 0.3 is 0 Å². The van der Waals surface area contributed by atoms with Crippen LogP contribution in [0.5, 0.6) is 0 Å². The molecule has 1 atom stereocenters. The Morgan fingerprint density at radius 1 is 1.12 bits per heavy atom. The average Bonchev–Trinajstić information content (AvgIpc) is 2.24. The summed E-state index contributed by atoms with van der Waals surface area (Å²) < 4.78 is 0. The molecule has 0 spiro atoms. The molecule has 0 saturated heterocycles. The molecule has 0 amide bonds. The maximum Gasteiger partial charge on any atom is 0.0449 e. The van der Waals surface area contributed by atoms with E-state index < -0.39 is 0 Å². The highest BCUT2D eigenvalue weighted by Crippen LogP contribution is 2.26. The Balaban J connectivity index is 2.92. The number of aliphatic hydroxyl groups excluding tert-OH is 1. The Labute approximate surface area is 105 Å². The first-order valence-electron chi connectivity index (χ1n) is 6.24. The molecular formula is C15H25NO. The number of aliphatic hydroxyl groups is 1. The molecule has 17 heavy (non-hydrogen) atoms. The summed E-state index contributed by atoms with van der Waals surface area (Å²) in [7, 11) is 4.11. The van der Waals surface area contributed by atoms with Gasteiger partial charge in [0.05, 0.1) is 0 Å². The van der Waals surface area contributed by atoms with Gasteiger partial charge in [0.1, 0.15) is 0 Å². The number of benzene rings is 1. The lowest BCUT2D eigenvalue weighted by Crippen LogP contribution is -2.21. The van der Waals surface area contributed by atoms with E-state index in [1.807, 2.05) is 0 Å². The number of rotatable bonds is 4. The molecule has 0 aliphatic carbocycles. The van der Waals surface area contributed by atoms with Crippen LogP contribution in [0.15, 0.2) is 24.3 Å². The smallest absolute Gasteiger partial charge is 0.0449 e. The Kier molecular flexibility index (Phi) is 4.72. The number of hydrogen-bond acceptors (Lipinski definition) is 2. The van der Waals surface area contributed by atoms with Crippen molar-refractivity contribution in [1.82, 2.24) is 4.90 Å². The van der Waals surface area contributed by atoms with Gasteiger partial charge in [-0.05, 0) is 37.1 Å². The van der Waals surface area contributed by atoms with Gasteiger partial charge in [0.2, 0.25) is 0 Å². The number of hydrogen-bond donors (Lipinski definition) is 1. The second-order valence-electron chi connectivity index (χ2n) is 5.86. The van der Waals surface area contributed by atoms with Crippen molar-refractivity contribution >= 4 is 0 Å². The zero-order valence-corrected chi connectivity index (χ0v) is 11.7. The standard InChI is InChI=1S/C15H25NO/c1-15(2,3)13-8-6-12(7-9-13)14(10-11-17)16(4)5/h6-9,14,17H,10-11H2,1-5H3. The van der Waals surface area contributed by atoms with Gasteiger partial charge in [0, 0.05) is 12.6 Å².